The van der Waals surface area contributed by atoms with E-state index in [0.29, 0.717) is 18.2 Å². The summed E-state index contributed by atoms with van der Waals surface area (Å²) in [7, 11) is 0. The van der Waals surface area contributed by atoms with Crippen molar-refractivity contribution in [2.75, 3.05) is 0 Å². The van der Waals surface area contributed by atoms with Crippen LogP contribution in [0, 0.1) is 0 Å². The standard InChI is InChI=1S/C10H15NO/c1-7(2)10-4-3-9(12)5-8(10)6-11/h3-5,7,12H,6,11H2,1-2H3. The molecular weight excluding hydrogens is 150 g/mol. The van der Waals surface area contributed by atoms with E-state index in [4.69, 9.17) is 5.73 Å². The first-order valence-electron chi connectivity index (χ1n) is 4.17. The highest BCUT2D eigenvalue weighted by Gasteiger charge is 2.05. The van der Waals surface area contributed by atoms with E-state index in [1.54, 1.807) is 12.1 Å². The fourth-order valence-electron chi connectivity index (χ4n) is 1.33. The zero-order chi connectivity index (χ0) is 9.14. The number of rotatable bonds is 2. The van der Waals surface area contributed by atoms with Crippen LogP contribution in [0.15, 0.2) is 18.2 Å². The normalized spacial score (nSPS) is 10.7. The van der Waals surface area contributed by atoms with Gasteiger partial charge in [0.25, 0.3) is 0 Å². The van der Waals surface area contributed by atoms with E-state index in [1.165, 1.54) is 5.56 Å². The topological polar surface area (TPSA) is 46.2 Å². The maximum Gasteiger partial charge on any atom is 0.115 e. The van der Waals surface area contributed by atoms with Crippen LogP contribution in [0.25, 0.3) is 0 Å². The summed E-state index contributed by atoms with van der Waals surface area (Å²) in [6.07, 6.45) is 0. The van der Waals surface area contributed by atoms with Gasteiger partial charge < -0.3 is 10.8 Å². The van der Waals surface area contributed by atoms with Gasteiger partial charge in [-0.2, -0.15) is 0 Å². The third-order valence-corrected chi connectivity index (χ3v) is 1.97. The lowest BCUT2D eigenvalue weighted by molar-refractivity contribution is 0.474. The SMILES string of the molecule is CC(C)c1ccc(O)cc1CN. The van der Waals surface area contributed by atoms with Gasteiger partial charge in [-0.25, -0.2) is 0 Å². The number of hydrogen-bond donors (Lipinski definition) is 2. The molecule has 0 spiro atoms. The minimum absolute atomic E-state index is 0.292. The minimum Gasteiger partial charge on any atom is -0.508 e. The van der Waals surface area contributed by atoms with Crippen molar-refractivity contribution in [2.45, 2.75) is 26.3 Å². The summed E-state index contributed by atoms with van der Waals surface area (Å²) in [5.41, 5.74) is 7.80. The molecule has 0 amide bonds. The molecule has 0 aliphatic carbocycles. The molecule has 12 heavy (non-hydrogen) atoms. The van der Waals surface area contributed by atoms with Crippen molar-refractivity contribution >= 4 is 0 Å². The van der Waals surface area contributed by atoms with Gasteiger partial charge in [-0.15, -0.1) is 0 Å². The summed E-state index contributed by atoms with van der Waals surface area (Å²) in [4.78, 5) is 0. The summed E-state index contributed by atoms with van der Waals surface area (Å²) < 4.78 is 0. The first-order chi connectivity index (χ1) is 5.65. The number of hydrogen-bond acceptors (Lipinski definition) is 2. The molecule has 66 valence electrons. The minimum atomic E-state index is 0.292. The molecule has 1 rings (SSSR count). The monoisotopic (exact) mass is 165 g/mol. The lowest BCUT2D eigenvalue weighted by Gasteiger charge is -2.10. The number of nitrogens with two attached hydrogens (primary N) is 1. The largest absolute Gasteiger partial charge is 0.508 e. The number of phenols is 1. The predicted octanol–water partition coefficient (Wildman–Crippen LogP) is 1.97. The fraction of sp³-hybridized carbons (Fsp3) is 0.400. The Kier molecular flexibility index (Phi) is 2.71. The summed E-state index contributed by atoms with van der Waals surface area (Å²) in [6.45, 7) is 4.72. The zero-order valence-corrected chi connectivity index (χ0v) is 7.54. The average Bonchev–Trinajstić information content (AvgIpc) is 2.03. The molecule has 0 atom stereocenters. The van der Waals surface area contributed by atoms with E-state index in [-0.39, 0.29) is 0 Å². The van der Waals surface area contributed by atoms with E-state index in [0.717, 1.165) is 5.56 Å². The Morgan fingerprint density at radius 3 is 2.58 bits per heavy atom. The molecule has 0 fully saturated rings. The molecule has 1 aromatic carbocycles. The van der Waals surface area contributed by atoms with Gasteiger partial charge in [0.1, 0.15) is 5.75 Å². The maximum absolute atomic E-state index is 9.19. The van der Waals surface area contributed by atoms with E-state index in [1.807, 2.05) is 6.07 Å². The molecule has 0 unspecified atom stereocenters. The van der Waals surface area contributed by atoms with E-state index < -0.39 is 0 Å². The molecule has 1 aromatic rings. The third kappa shape index (κ3) is 1.77. The van der Waals surface area contributed by atoms with Crippen LogP contribution >= 0.6 is 0 Å². The lowest BCUT2D eigenvalue weighted by atomic mass is 9.97. The van der Waals surface area contributed by atoms with Gasteiger partial charge in [-0.1, -0.05) is 19.9 Å². The van der Waals surface area contributed by atoms with Gasteiger partial charge >= 0.3 is 0 Å². The molecule has 2 heteroatoms. The van der Waals surface area contributed by atoms with Crippen LogP contribution in [0.3, 0.4) is 0 Å². The molecule has 0 heterocycles. The Hall–Kier alpha value is -1.02. The van der Waals surface area contributed by atoms with Gasteiger partial charge in [0, 0.05) is 6.54 Å². The zero-order valence-electron chi connectivity index (χ0n) is 7.54. The van der Waals surface area contributed by atoms with Gasteiger partial charge in [-0.3, -0.25) is 0 Å². The maximum atomic E-state index is 9.19. The number of aromatic hydroxyl groups is 1. The highest BCUT2D eigenvalue weighted by molar-refractivity contribution is 5.36. The second-order valence-electron chi connectivity index (χ2n) is 3.24. The summed E-state index contributed by atoms with van der Waals surface area (Å²) >= 11 is 0. The van der Waals surface area contributed by atoms with Crippen molar-refractivity contribution < 1.29 is 5.11 Å². The van der Waals surface area contributed by atoms with Crippen molar-refractivity contribution in [3.63, 3.8) is 0 Å². The number of phenolic OH excluding ortho intramolecular Hbond substituents is 1. The van der Waals surface area contributed by atoms with Crippen molar-refractivity contribution in [1.29, 1.82) is 0 Å². The Bertz CT molecular complexity index is 269. The van der Waals surface area contributed by atoms with Crippen molar-refractivity contribution in [3.05, 3.63) is 29.3 Å². The van der Waals surface area contributed by atoms with E-state index in [2.05, 4.69) is 13.8 Å². The van der Waals surface area contributed by atoms with Crippen molar-refractivity contribution in [2.24, 2.45) is 5.73 Å². The molecule has 0 saturated heterocycles. The molecule has 0 radical (unpaired) electrons. The Morgan fingerprint density at radius 2 is 2.08 bits per heavy atom. The molecule has 2 nitrogen and oxygen atoms in total. The molecule has 0 aliphatic heterocycles. The smallest absolute Gasteiger partial charge is 0.115 e. The van der Waals surface area contributed by atoms with Crippen LogP contribution in [0.5, 0.6) is 5.75 Å². The van der Waals surface area contributed by atoms with Crippen LogP contribution in [-0.4, -0.2) is 5.11 Å². The van der Waals surface area contributed by atoms with Crippen LogP contribution in [0.4, 0.5) is 0 Å². The first kappa shape index (κ1) is 9.07. The third-order valence-electron chi connectivity index (χ3n) is 1.97. The summed E-state index contributed by atoms with van der Waals surface area (Å²) in [5.74, 6) is 0.754. The van der Waals surface area contributed by atoms with Crippen LogP contribution in [-0.2, 0) is 6.54 Å². The van der Waals surface area contributed by atoms with Gasteiger partial charge in [0.05, 0.1) is 0 Å². The van der Waals surface area contributed by atoms with E-state index >= 15 is 0 Å². The average molecular weight is 165 g/mol. The lowest BCUT2D eigenvalue weighted by Crippen LogP contribution is -2.02. The van der Waals surface area contributed by atoms with Crippen molar-refractivity contribution in [3.8, 4) is 5.75 Å². The first-order valence-corrected chi connectivity index (χ1v) is 4.17. The Balaban J connectivity index is 3.11. The molecular formula is C10H15NO. The molecule has 0 aliphatic rings. The predicted molar refractivity (Wildman–Crippen MR) is 50.1 cm³/mol. The quantitative estimate of drug-likeness (QED) is 0.703. The fourth-order valence-corrected chi connectivity index (χ4v) is 1.33. The van der Waals surface area contributed by atoms with Gasteiger partial charge in [-0.05, 0) is 29.2 Å². The highest BCUT2D eigenvalue weighted by Crippen LogP contribution is 2.22. The highest BCUT2D eigenvalue weighted by atomic mass is 16.3. The summed E-state index contributed by atoms with van der Waals surface area (Å²) in [6, 6.07) is 5.37. The molecule has 0 bridgehead atoms. The van der Waals surface area contributed by atoms with E-state index in [9.17, 15) is 5.11 Å². The van der Waals surface area contributed by atoms with Crippen LogP contribution in [0.2, 0.25) is 0 Å². The Morgan fingerprint density at radius 1 is 1.42 bits per heavy atom. The second-order valence-corrected chi connectivity index (χ2v) is 3.24. The summed E-state index contributed by atoms with van der Waals surface area (Å²) in [5, 5.41) is 9.19. The Labute approximate surface area is 73.0 Å². The van der Waals surface area contributed by atoms with Crippen molar-refractivity contribution in [1.82, 2.24) is 0 Å². The molecule has 3 N–H and O–H groups in total. The van der Waals surface area contributed by atoms with Gasteiger partial charge in [0.15, 0.2) is 0 Å². The molecule has 0 saturated carbocycles. The van der Waals surface area contributed by atoms with Crippen LogP contribution < -0.4 is 5.73 Å². The number of benzene rings is 1. The van der Waals surface area contributed by atoms with Gasteiger partial charge in [0.2, 0.25) is 0 Å². The van der Waals surface area contributed by atoms with Crippen LogP contribution in [0.1, 0.15) is 30.9 Å². The second kappa shape index (κ2) is 3.59. The molecule has 0 aromatic heterocycles.